The van der Waals surface area contributed by atoms with Gasteiger partial charge in [-0.2, -0.15) is 0 Å². The largest absolute Gasteiger partial charge is 0.303 e. The second-order valence-corrected chi connectivity index (χ2v) is 8.15. The lowest BCUT2D eigenvalue weighted by Crippen LogP contribution is -2.49. The van der Waals surface area contributed by atoms with Crippen molar-refractivity contribution >= 4 is 12.6 Å². The number of rotatable bonds is 5. The van der Waals surface area contributed by atoms with Gasteiger partial charge in [-0.25, -0.2) is 0 Å². The van der Waals surface area contributed by atoms with E-state index < -0.39 is 0 Å². The van der Waals surface area contributed by atoms with Gasteiger partial charge in [-0.15, -0.1) is 0 Å². The summed E-state index contributed by atoms with van der Waals surface area (Å²) < 4.78 is 0. The fourth-order valence-corrected chi connectivity index (χ4v) is 5.25. The van der Waals surface area contributed by atoms with E-state index in [1.807, 2.05) is 6.08 Å². The molecule has 0 aromatic heterocycles. The smallest absolute Gasteiger partial charge is 0.146 e. The summed E-state index contributed by atoms with van der Waals surface area (Å²) in [6, 6.07) is 0. The Labute approximate surface area is 135 Å². The first-order valence-corrected chi connectivity index (χ1v) is 8.60. The number of fused-ring (bicyclic) bond motifs is 1. The lowest BCUT2D eigenvalue weighted by molar-refractivity contribution is -0.109. The van der Waals surface area contributed by atoms with E-state index in [1.165, 1.54) is 31.3 Å². The van der Waals surface area contributed by atoms with Crippen LogP contribution in [0.5, 0.6) is 0 Å². The monoisotopic (exact) mass is 302 g/mol. The van der Waals surface area contributed by atoms with Crippen molar-refractivity contribution in [2.75, 3.05) is 0 Å². The van der Waals surface area contributed by atoms with Crippen molar-refractivity contribution in [3.05, 3.63) is 23.8 Å². The highest BCUT2D eigenvalue weighted by Gasteiger charge is 2.52. The molecule has 0 radical (unpaired) electrons. The molecule has 0 spiro atoms. The van der Waals surface area contributed by atoms with Crippen LogP contribution in [0.3, 0.4) is 0 Å². The summed E-state index contributed by atoms with van der Waals surface area (Å²) in [6.07, 6.45) is 10.9. The van der Waals surface area contributed by atoms with E-state index >= 15 is 0 Å². The molecule has 2 saturated carbocycles. The number of carbonyl (C=O) groups is 2. The van der Waals surface area contributed by atoms with Crippen LogP contribution in [0.2, 0.25) is 0 Å². The molecule has 0 saturated heterocycles. The quantitative estimate of drug-likeness (QED) is 0.411. The highest BCUT2D eigenvalue weighted by Crippen LogP contribution is 2.61. The normalized spacial score (nSPS) is 34.9. The average molecular weight is 302 g/mol. The lowest BCUT2D eigenvalue weighted by Gasteiger charge is -2.58. The zero-order chi connectivity index (χ0) is 16.4. The van der Waals surface area contributed by atoms with Gasteiger partial charge < -0.3 is 4.79 Å². The third kappa shape index (κ3) is 3.11. The Bertz CT molecular complexity index is 486. The maximum absolute atomic E-state index is 11.1. The van der Waals surface area contributed by atoms with Crippen LogP contribution in [-0.2, 0) is 9.59 Å². The topological polar surface area (TPSA) is 34.1 Å². The van der Waals surface area contributed by atoms with E-state index in [0.717, 1.165) is 31.3 Å². The van der Waals surface area contributed by atoms with Crippen molar-refractivity contribution in [1.29, 1.82) is 0 Å². The minimum absolute atomic E-state index is 0.230. The Morgan fingerprint density at radius 1 is 1.27 bits per heavy atom. The zero-order valence-electron chi connectivity index (χ0n) is 14.4. The number of hydrogen-bond donors (Lipinski definition) is 0. The van der Waals surface area contributed by atoms with Gasteiger partial charge in [0, 0.05) is 6.42 Å². The van der Waals surface area contributed by atoms with Crippen LogP contribution < -0.4 is 0 Å². The Balaban J connectivity index is 2.26. The van der Waals surface area contributed by atoms with Crippen molar-refractivity contribution in [3.63, 3.8) is 0 Å². The first-order chi connectivity index (χ1) is 10.3. The summed E-state index contributed by atoms with van der Waals surface area (Å²) >= 11 is 0. The van der Waals surface area contributed by atoms with Gasteiger partial charge in [-0.1, -0.05) is 45.4 Å². The van der Waals surface area contributed by atoms with Gasteiger partial charge >= 0.3 is 0 Å². The van der Waals surface area contributed by atoms with Gasteiger partial charge in [0.15, 0.2) is 0 Å². The molecule has 0 heterocycles. The fraction of sp³-hybridized carbons (Fsp3) is 0.700. The summed E-state index contributed by atoms with van der Waals surface area (Å²) in [5, 5.41) is 0. The van der Waals surface area contributed by atoms with Crippen LogP contribution in [-0.4, -0.2) is 12.6 Å². The van der Waals surface area contributed by atoms with E-state index in [9.17, 15) is 9.59 Å². The molecule has 2 nitrogen and oxygen atoms in total. The summed E-state index contributed by atoms with van der Waals surface area (Å²) in [4.78, 5) is 21.7. The third-order valence-electron chi connectivity index (χ3n) is 6.41. The van der Waals surface area contributed by atoms with Crippen LogP contribution in [0, 0.1) is 22.7 Å². The number of aldehydes is 2. The van der Waals surface area contributed by atoms with Crippen LogP contribution in [0.1, 0.15) is 65.7 Å². The second-order valence-electron chi connectivity index (χ2n) is 8.15. The molecule has 2 aliphatic rings. The Hall–Kier alpha value is -1.18. The van der Waals surface area contributed by atoms with Gasteiger partial charge in [-0.3, -0.25) is 4.79 Å². The summed E-state index contributed by atoms with van der Waals surface area (Å²) in [5.74, 6) is 1.16. The van der Waals surface area contributed by atoms with Gasteiger partial charge in [0.05, 0.1) is 0 Å². The van der Waals surface area contributed by atoms with Crippen LogP contribution in [0.4, 0.5) is 0 Å². The molecule has 0 bridgehead atoms. The molecule has 0 N–H and O–H groups in total. The van der Waals surface area contributed by atoms with Gasteiger partial charge in [0.2, 0.25) is 0 Å². The SMILES string of the molecule is C=C1CCC2C(C)(C)CCCC2(C)C1CC=C(C=O)CC=O. The lowest BCUT2D eigenvalue weighted by atomic mass is 9.47. The van der Waals surface area contributed by atoms with Crippen LogP contribution >= 0.6 is 0 Å². The molecule has 0 amide bonds. The molecule has 2 fully saturated rings. The van der Waals surface area contributed by atoms with Gasteiger partial charge in [-0.05, 0) is 60.3 Å². The van der Waals surface area contributed by atoms with Crippen LogP contribution in [0.15, 0.2) is 23.8 Å². The van der Waals surface area contributed by atoms with Crippen molar-refractivity contribution < 1.29 is 9.59 Å². The maximum Gasteiger partial charge on any atom is 0.146 e. The molecule has 2 aliphatic carbocycles. The average Bonchev–Trinajstić information content (AvgIpc) is 2.44. The van der Waals surface area contributed by atoms with Crippen molar-refractivity contribution in [3.8, 4) is 0 Å². The third-order valence-corrected chi connectivity index (χ3v) is 6.41. The predicted molar refractivity (Wildman–Crippen MR) is 90.5 cm³/mol. The minimum Gasteiger partial charge on any atom is -0.303 e. The zero-order valence-corrected chi connectivity index (χ0v) is 14.4. The summed E-state index contributed by atoms with van der Waals surface area (Å²) in [6.45, 7) is 11.6. The van der Waals surface area contributed by atoms with E-state index in [1.54, 1.807) is 0 Å². The number of carbonyl (C=O) groups excluding carboxylic acids is 2. The molecule has 0 aromatic rings. The number of allylic oxidation sites excluding steroid dienone is 3. The van der Waals surface area contributed by atoms with E-state index in [4.69, 9.17) is 0 Å². The van der Waals surface area contributed by atoms with E-state index in [-0.39, 0.29) is 11.8 Å². The molecule has 3 unspecified atom stereocenters. The number of hydrogen-bond acceptors (Lipinski definition) is 2. The standard InChI is InChI=1S/C20H30O2/c1-15-6-9-18-19(2,3)11-5-12-20(18,4)17(15)8-7-16(14-22)10-13-21/h7,13-14,17-18H,1,5-6,8-12H2,2-4H3. The molecule has 22 heavy (non-hydrogen) atoms. The molecular formula is C20H30O2. The molecular weight excluding hydrogens is 272 g/mol. The van der Waals surface area contributed by atoms with Gasteiger partial charge in [0.25, 0.3) is 0 Å². The highest BCUT2D eigenvalue weighted by atomic mass is 16.1. The highest BCUT2D eigenvalue weighted by molar-refractivity contribution is 5.78. The van der Waals surface area contributed by atoms with Crippen molar-refractivity contribution in [2.45, 2.75) is 65.7 Å². The molecule has 3 atom stereocenters. The van der Waals surface area contributed by atoms with Gasteiger partial charge in [0.1, 0.15) is 12.6 Å². The van der Waals surface area contributed by atoms with E-state index in [0.29, 0.717) is 16.9 Å². The molecule has 0 aromatic carbocycles. The Morgan fingerprint density at radius 3 is 2.64 bits per heavy atom. The molecule has 2 rings (SSSR count). The second kappa shape index (κ2) is 6.52. The first kappa shape index (κ1) is 17.2. The molecule has 2 heteroatoms. The predicted octanol–water partition coefficient (Wildman–Crippen LogP) is 4.89. The van der Waals surface area contributed by atoms with Crippen LogP contribution in [0.25, 0.3) is 0 Å². The molecule has 0 aliphatic heterocycles. The van der Waals surface area contributed by atoms with Crippen molar-refractivity contribution in [2.24, 2.45) is 22.7 Å². The maximum atomic E-state index is 11.1. The van der Waals surface area contributed by atoms with Crippen molar-refractivity contribution in [1.82, 2.24) is 0 Å². The Kier molecular flexibility index (Phi) is 5.09. The fourth-order valence-electron chi connectivity index (χ4n) is 5.25. The summed E-state index contributed by atoms with van der Waals surface area (Å²) in [5.41, 5.74) is 2.63. The molecule has 122 valence electrons. The Morgan fingerprint density at radius 2 is 2.00 bits per heavy atom. The van der Waals surface area contributed by atoms with E-state index in [2.05, 4.69) is 27.4 Å². The first-order valence-electron chi connectivity index (χ1n) is 8.60. The summed E-state index contributed by atoms with van der Waals surface area (Å²) in [7, 11) is 0. The minimum atomic E-state index is 0.230.